The molecule has 0 bridgehead atoms. The van der Waals surface area contributed by atoms with Crippen LogP contribution >= 0.6 is 23.2 Å². The third-order valence-electron chi connectivity index (χ3n) is 2.38. The first kappa shape index (κ1) is 16.8. The fourth-order valence-electron chi connectivity index (χ4n) is 1.60. The molecular formula is C14H17Cl2NO3. The van der Waals surface area contributed by atoms with Crippen molar-refractivity contribution in [3.8, 4) is 0 Å². The highest BCUT2D eigenvalue weighted by atomic mass is 35.5. The van der Waals surface area contributed by atoms with E-state index in [4.69, 9.17) is 27.9 Å². The van der Waals surface area contributed by atoms with Crippen molar-refractivity contribution in [1.29, 1.82) is 0 Å². The molecule has 4 nitrogen and oxygen atoms in total. The Kier molecular flexibility index (Phi) is 5.84. The van der Waals surface area contributed by atoms with Gasteiger partial charge in [0.15, 0.2) is 0 Å². The van der Waals surface area contributed by atoms with Gasteiger partial charge in [-0.3, -0.25) is 0 Å². The second-order valence-corrected chi connectivity index (χ2v) is 6.03. The van der Waals surface area contributed by atoms with Crippen LogP contribution in [0.5, 0.6) is 0 Å². The van der Waals surface area contributed by atoms with Crippen LogP contribution in [0.3, 0.4) is 0 Å². The summed E-state index contributed by atoms with van der Waals surface area (Å²) in [6, 6.07) is 4.48. The number of nitrogens with one attached hydrogen (secondary N) is 1. The predicted molar refractivity (Wildman–Crippen MR) is 79.3 cm³/mol. The summed E-state index contributed by atoms with van der Waals surface area (Å²) < 4.78 is 5.16. The number of benzene rings is 1. The Morgan fingerprint density at radius 1 is 1.40 bits per heavy atom. The zero-order chi connectivity index (χ0) is 15.3. The molecule has 1 amide bonds. The lowest BCUT2D eigenvalue weighted by Gasteiger charge is -2.23. The van der Waals surface area contributed by atoms with Gasteiger partial charge in [-0.05, 0) is 32.4 Å². The molecule has 0 spiro atoms. The van der Waals surface area contributed by atoms with Gasteiger partial charge >= 0.3 is 6.09 Å². The second kappa shape index (κ2) is 6.95. The molecule has 0 fully saturated rings. The van der Waals surface area contributed by atoms with Crippen LogP contribution in [0.25, 0.3) is 0 Å². The summed E-state index contributed by atoms with van der Waals surface area (Å²) in [5.41, 5.74) is -0.0365. The molecule has 0 aromatic heterocycles. The monoisotopic (exact) mass is 317 g/mol. The second-order valence-electron chi connectivity index (χ2n) is 5.24. The van der Waals surface area contributed by atoms with Gasteiger partial charge in [-0.25, -0.2) is 4.79 Å². The molecule has 6 heteroatoms. The summed E-state index contributed by atoms with van der Waals surface area (Å²) in [6.45, 7) is 5.27. The summed E-state index contributed by atoms with van der Waals surface area (Å²) in [7, 11) is 0. The highest BCUT2D eigenvalue weighted by Gasteiger charge is 2.22. The minimum absolute atomic E-state index is 0.0826. The van der Waals surface area contributed by atoms with Crippen molar-refractivity contribution in [2.24, 2.45) is 0 Å². The standard InChI is InChI=1S/C14H17Cl2NO3/c1-14(2,3)20-13(19)17-11(7-8-18)9-5-4-6-10(15)12(9)16/h4-6,8,11H,7H2,1-3H3,(H,17,19)/t11-/m1/s1. The lowest BCUT2D eigenvalue weighted by Crippen LogP contribution is -2.35. The van der Waals surface area contributed by atoms with Crippen molar-refractivity contribution in [2.75, 3.05) is 0 Å². The van der Waals surface area contributed by atoms with E-state index in [1.807, 2.05) is 0 Å². The van der Waals surface area contributed by atoms with Crippen LogP contribution < -0.4 is 5.32 Å². The van der Waals surface area contributed by atoms with Crippen LogP contribution in [0, 0.1) is 0 Å². The summed E-state index contributed by atoms with van der Waals surface area (Å²) in [4.78, 5) is 22.6. The van der Waals surface area contributed by atoms with E-state index < -0.39 is 17.7 Å². The summed E-state index contributed by atoms with van der Waals surface area (Å²) in [6.07, 6.45) is 0.180. The molecule has 20 heavy (non-hydrogen) atoms. The van der Waals surface area contributed by atoms with E-state index in [0.717, 1.165) is 0 Å². The molecule has 0 unspecified atom stereocenters. The summed E-state index contributed by atoms with van der Waals surface area (Å²) in [5.74, 6) is 0. The topological polar surface area (TPSA) is 55.4 Å². The van der Waals surface area contributed by atoms with Crippen molar-refractivity contribution in [1.82, 2.24) is 5.32 Å². The highest BCUT2D eigenvalue weighted by Crippen LogP contribution is 2.31. The van der Waals surface area contributed by atoms with Gasteiger partial charge in [0.25, 0.3) is 0 Å². The van der Waals surface area contributed by atoms with Gasteiger partial charge in [0.1, 0.15) is 11.9 Å². The van der Waals surface area contributed by atoms with Gasteiger partial charge in [-0.15, -0.1) is 0 Å². The van der Waals surface area contributed by atoms with Crippen molar-refractivity contribution in [3.05, 3.63) is 33.8 Å². The normalized spacial score (nSPS) is 12.7. The van der Waals surface area contributed by atoms with Crippen molar-refractivity contribution in [2.45, 2.75) is 38.8 Å². The molecule has 0 aliphatic rings. The van der Waals surface area contributed by atoms with Crippen LogP contribution in [0.15, 0.2) is 18.2 Å². The van der Waals surface area contributed by atoms with Gasteiger partial charge in [-0.2, -0.15) is 0 Å². The molecule has 1 N–H and O–H groups in total. The first-order valence-corrected chi connectivity index (χ1v) is 6.87. The molecule has 0 heterocycles. The fourth-order valence-corrected chi connectivity index (χ4v) is 2.04. The number of amides is 1. The van der Waals surface area contributed by atoms with Crippen molar-refractivity contribution >= 4 is 35.6 Å². The number of ether oxygens (including phenoxy) is 1. The van der Waals surface area contributed by atoms with Gasteiger partial charge in [-0.1, -0.05) is 35.3 Å². The van der Waals surface area contributed by atoms with Crippen molar-refractivity contribution < 1.29 is 14.3 Å². The average molecular weight is 318 g/mol. The Morgan fingerprint density at radius 3 is 2.60 bits per heavy atom. The van der Waals surface area contributed by atoms with E-state index in [0.29, 0.717) is 21.9 Å². The molecule has 0 saturated carbocycles. The van der Waals surface area contributed by atoms with Crippen LogP contribution in [0.1, 0.15) is 38.8 Å². The number of halogens is 2. The summed E-state index contributed by atoms with van der Waals surface area (Å²) in [5, 5.41) is 3.31. The zero-order valence-electron chi connectivity index (χ0n) is 11.6. The Morgan fingerprint density at radius 2 is 2.05 bits per heavy atom. The van der Waals surface area contributed by atoms with E-state index in [1.54, 1.807) is 39.0 Å². The van der Waals surface area contributed by atoms with Crippen LogP contribution in [-0.4, -0.2) is 18.0 Å². The number of aldehydes is 1. The molecule has 1 atom stereocenters. The van der Waals surface area contributed by atoms with E-state index >= 15 is 0 Å². The highest BCUT2D eigenvalue weighted by molar-refractivity contribution is 6.42. The van der Waals surface area contributed by atoms with Crippen LogP contribution in [0.4, 0.5) is 4.79 Å². The minimum atomic E-state index is -0.617. The van der Waals surface area contributed by atoms with Gasteiger partial charge in [0, 0.05) is 6.42 Å². The third kappa shape index (κ3) is 5.02. The molecule has 1 rings (SSSR count). The first-order valence-electron chi connectivity index (χ1n) is 6.11. The predicted octanol–water partition coefficient (Wildman–Crippen LogP) is 4.15. The molecule has 110 valence electrons. The molecule has 0 aliphatic carbocycles. The molecule has 0 saturated heterocycles. The number of hydrogen-bond acceptors (Lipinski definition) is 3. The van der Waals surface area contributed by atoms with Crippen LogP contribution in [-0.2, 0) is 9.53 Å². The van der Waals surface area contributed by atoms with E-state index in [-0.39, 0.29) is 6.42 Å². The Hall–Kier alpha value is -1.26. The maximum Gasteiger partial charge on any atom is 0.408 e. The number of alkyl carbamates (subject to hydrolysis) is 1. The summed E-state index contributed by atoms with van der Waals surface area (Å²) >= 11 is 12.0. The molecule has 0 aliphatic heterocycles. The molecule has 0 radical (unpaired) electrons. The fraction of sp³-hybridized carbons (Fsp3) is 0.429. The maximum absolute atomic E-state index is 11.8. The van der Waals surface area contributed by atoms with Gasteiger partial charge in [0.05, 0.1) is 16.1 Å². The van der Waals surface area contributed by atoms with Crippen LogP contribution in [0.2, 0.25) is 10.0 Å². The number of carbonyl (C=O) groups excluding carboxylic acids is 2. The number of carbonyl (C=O) groups is 2. The maximum atomic E-state index is 11.8. The Bertz CT molecular complexity index is 498. The van der Waals surface area contributed by atoms with E-state index in [9.17, 15) is 9.59 Å². The Labute approximate surface area is 128 Å². The smallest absolute Gasteiger partial charge is 0.408 e. The lowest BCUT2D eigenvalue weighted by molar-refractivity contribution is -0.108. The van der Waals surface area contributed by atoms with E-state index in [2.05, 4.69) is 5.32 Å². The molecular weight excluding hydrogens is 301 g/mol. The molecule has 1 aromatic carbocycles. The third-order valence-corrected chi connectivity index (χ3v) is 3.21. The Balaban J connectivity index is 2.92. The largest absolute Gasteiger partial charge is 0.444 e. The zero-order valence-corrected chi connectivity index (χ0v) is 13.1. The van der Waals surface area contributed by atoms with E-state index in [1.165, 1.54) is 0 Å². The quantitative estimate of drug-likeness (QED) is 0.849. The minimum Gasteiger partial charge on any atom is -0.444 e. The van der Waals surface area contributed by atoms with Gasteiger partial charge in [0.2, 0.25) is 0 Å². The van der Waals surface area contributed by atoms with Gasteiger partial charge < -0.3 is 14.8 Å². The SMILES string of the molecule is CC(C)(C)OC(=O)N[C@H](CC=O)c1cccc(Cl)c1Cl. The molecule has 1 aromatic rings. The average Bonchev–Trinajstić information content (AvgIpc) is 2.30. The lowest BCUT2D eigenvalue weighted by atomic mass is 10.0. The van der Waals surface area contributed by atoms with Crippen molar-refractivity contribution in [3.63, 3.8) is 0 Å². The first-order chi connectivity index (χ1) is 9.24. The number of hydrogen-bond donors (Lipinski definition) is 1. The number of rotatable bonds is 4.